The molecule has 2 aromatic heterocycles. The van der Waals surface area contributed by atoms with Crippen molar-refractivity contribution in [3.8, 4) is 11.1 Å². The highest BCUT2D eigenvalue weighted by Gasteiger charge is 2.24. The van der Waals surface area contributed by atoms with Crippen molar-refractivity contribution >= 4 is 22.4 Å². The van der Waals surface area contributed by atoms with Gasteiger partial charge < -0.3 is 10.6 Å². The maximum Gasteiger partial charge on any atom is 0.147 e. The van der Waals surface area contributed by atoms with Gasteiger partial charge in [0, 0.05) is 44.6 Å². The Morgan fingerprint density at radius 1 is 1.14 bits per heavy atom. The van der Waals surface area contributed by atoms with Crippen molar-refractivity contribution in [2.45, 2.75) is 19.9 Å². The van der Waals surface area contributed by atoms with Crippen molar-refractivity contribution in [3.63, 3.8) is 0 Å². The number of hydrogen-bond acceptors (Lipinski definition) is 6. The number of hydrogen-bond donors (Lipinski definition) is 1. The van der Waals surface area contributed by atoms with E-state index in [1.54, 1.807) is 12.4 Å². The molecule has 112 valence electrons. The number of nitrogen functional groups attached to an aromatic ring is 1. The molecule has 0 unspecified atom stereocenters. The first kappa shape index (κ1) is 14.3. The van der Waals surface area contributed by atoms with Gasteiger partial charge in [0.2, 0.25) is 0 Å². The van der Waals surface area contributed by atoms with E-state index in [1.807, 2.05) is 12.1 Å². The monoisotopic (exact) mass is 303 g/mol. The molecule has 1 saturated heterocycles. The molecule has 3 heterocycles. The van der Waals surface area contributed by atoms with Crippen LogP contribution in [0.25, 0.3) is 11.1 Å². The van der Waals surface area contributed by atoms with E-state index in [0.29, 0.717) is 11.9 Å². The first-order valence-corrected chi connectivity index (χ1v) is 8.08. The van der Waals surface area contributed by atoms with E-state index in [1.165, 1.54) is 16.5 Å². The fourth-order valence-electron chi connectivity index (χ4n) is 2.74. The van der Waals surface area contributed by atoms with Crippen LogP contribution in [-0.2, 0) is 0 Å². The fraction of sp³-hybridized carbons (Fsp3) is 0.467. The van der Waals surface area contributed by atoms with Crippen LogP contribution >= 0.6 is 11.5 Å². The lowest BCUT2D eigenvalue weighted by atomic mass is 10.1. The minimum atomic E-state index is 0.610. The molecule has 0 bridgehead atoms. The van der Waals surface area contributed by atoms with Crippen LogP contribution in [0.4, 0.5) is 10.8 Å². The van der Waals surface area contributed by atoms with Crippen molar-refractivity contribution in [1.29, 1.82) is 0 Å². The van der Waals surface area contributed by atoms with Crippen LogP contribution in [0, 0.1) is 0 Å². The van der Waals surface area contributed by atoms with E-state index in [4.69, 9.17) is 5.73 Å². The predicted molar refractivity (Wildman–Crippen MR) is 88.7 cm³/mol. The molecule has 0 aromatic carbocycles. The average molecular weight is 303 g/mol. The van der Waals surface area contributed by atoms with Crippen LogP contribution < -0.4 is 10.6 Å². The number of pyridine rings is 1. The molecule has 2 N–H and O–H groups in total. The van der Waals surface area contributed by atoms with Gasteiger partial charge in [0.05, 0.1) is 5.56 Å². The molecule has 0 saturated carbocycles. The largest absolute Gasteiger partial charge is 0.382 e. The lowest BCUT2D eigenvalue weighted by molar-refractivity contribution is 0.210. The zero-order valence-electron chi connectivity index (χ0n) is 12.5. The van der Waals surface area contributed by atoms with Gasteiger partial charge in [-0.25, -0.2) is 0 Å². The van der Waals surface area contributed by atoms with Crippen LogP contribution in [0.2, 0.25) is 0 Å². The summed E-state index contributed by atoms with van der Waals surface area (Å²) in [5, 5.41) is 1.18. The van der Waals surface area contributed by atoms with Gasteiger partial charge in [-0.1, -0.05) is 0 Å². The Bertz CT molecular complexity index is 587. The van der Waals surface area contributed by atoms with E-state index in [0.717, 1.165) is 37.3 Å². The van der Waals surface area contributed by atoms with Gasteiger partial charge in [-0.05, 0) is 43.1 Å². The summed E-state index contributed by atoms with van der Waals surface area (Å²) >= 11 is 1.50. The molecule has 0 amide bonds. The van der Waals surface area contributed by atoms with E-state index in [9.17, 15) is 0 Å². The highest BCUT2D eigenvalue weighted by molar-refractivity contribution is 7.11. The molecule has 6 heteroatoms. The maximum atomic E-state index is 6.10. The second kappa shape index (κ2) is 5.99. The molecule has 0 spiro atoms. The average Bonchev–Trinajstić information content (AvgIpc) is 2.90. The second-order valence-electron chi connectivity index (χ2n) is 5.60. The number of aromatic nitrogens is 2. The van der Waals surface area contributed by atoms with Crippen LogP contribution in [0.1, 0.15) is 13.8 Å². The third-order valence-corrected chi connectivity index (χ3v) is 4.92. The summed E-state index contributed by atoms with van der Waals surface area (Å²) < 4.78 is 4.37. The van der Waals surface area contributed by atoms with Gasteiger partial charge in [-0.2, -0.15) is 4.37 Å². The van der Waals surface area contributed by atoms with Gasteiger partial charge in [0.15, 0.2) is 0 Å². The van der Waals surface area contributed by atoms with E-state index in [2.05, 4.69) is 33.0 Å². The third kappa shape index (κ3) is 2.87. The Hall–Kier alpha value is -1.66. The Balaban J connectivity index is 1.85. The minimum Gasteiger partial charge on any atom is -0.382 e. The highest BCUT2D eigenvalue weighted by atomic mass is 32.1. The van der Waals surface area contributed by atoms with Crippen molar-refractivity contribution in [2.24, 2.45) is 0 Å². The second-order valence-corrected chi connectivity index (χ2v) is 6.35. The maximum absolute atomic E-state index is 6.10. The van der Waals surface area contributed by atoms with Gasteiger partial charge in [-0.15, -0.1) is 0 Å². The van der Waals surface area contributed by atoms with Crippen molar-refractivity contribution in [2.75, 3.05) is 36.8 Å². The van der Waals surface area contributed by atoms with E-state index in [-0.39, 0.29) is 0 Å². The number of nitrogens with zero attached hydrogens (tertiary/aromatic N) is 4. The molecule has 1 fully saturated rings. The smallest absolute Gasteiger partial charge is 0.147 e. The molecule has 0 radical (unpaired) electrons. The molecular weight excluding hydrogens is 282 g/mol. The summed E-state index contributed by atoms with van der Waals surface area (Å²) in [6.07, 6.45) is 3.60. The first-order valence-electron chi connectivity index (χ1n) is 7.31. The molecule has 1 aliphatic rings. The number of anilines is 2. The Morgan fingerprint density at radius 3 is 2.43 bits per heavy atom. The topological polar surface area (TPSA) is 58.3 Å². The summed E-state index contributed by atoms with van der Waals surface area (Å²) in [5.41, 5.74) is 8.25. The summed E-state index contributed by atoms with van der Waals surface area (Å²) in [5.74, 6) is 0.618. The fourth-order valence-corrected chi connectivity index (χ4v) is 3.63. The first-order chi connectivity index (χ1) is 10.2. The summed E-state index contributed by atoms with van der Waals surface area (Å²) in [6.45, 7) is 8.73. The third-order valence-electron chi connectivity index (χ3n) is 4.00. The molecule has 2 aromatic rings. The van der Waals surface area contributed by atoms with Gasteiger partial charge in [0.1, 0.15) is 10.8 Å². The van der Waals surface area contributed by atoms with Gasteiger partial charge in [0.25, 0.3) is 0 Å². The molecule has 0 aliphatic carbocycles. The van der Waals surface area contributed by atoms with Gasteiger partial charge >= 0.3 is 0 Å². The van der Waals surface area contributed by atoms with Crippen molar-refractivity contribution in [1.82, 2.24) is 14.3 Å². The Morgan fingerprint density at radius 2 is 1.81 bits per heavy atom. The van der Waals surface area contributed by atoms with Crippen molar-refractivity contribution < 1.29 is 0 Å². The zero-order chi connectivity index (χ0) is 14.8. The molecular formula is C15H21N5S. The van der Waals surface area contributed by atoms with E-state index >= 15 is 0 Å². The number of rotatable bonds is 3. The SMILES string of the molecule is CC(C)N1CCN(c2snc(N)c2-c2ccncc2)CC1. The highest BCUT2D eigenvalue weighted by Crippen LogP contribution is 2.39. The number of nitrogens with two attached hydrogens (primary N) is 1. The van der Waals surface area contributed by atoms with Crippen LogP contribution in [0.3, 0.4) is 0 Å². The molecule has 5 nitrogen and oxygen atoms in total. The lowest BCUT2D eigenvalue weighted by Gasteiger charge is -2.37. The van der Waals surface area contributed by atoms with Crippen LogP contribution in [0.5, 0.6) is 0 Å². The van der Waals surface area contributed by atoms with Crippen molar-refractivity contribution in [3.05, 3.63) is 24.5 Å². The Labute approximate surface area is 129 Å². The summed E-state index contributed by atoms with van der Waals surface area (Å²) in [7, 11) is 0. The minimum absolute atomic E-state index is 0.610. The summed E-state index contributed by atoms with van der Waals surface area (Å²) in [6, 6.07) is 4.60. The van der Waals surface area contributed by atoms with Crippen LogP contribution in [0.15, 0.2) is 24.5 Å². The lowest BCUT2D eigenvalue weighted by Crippen LogP contribution is -2.48. The Kier molecular flexibility index (Phi) is 4.07. The standard InChI is InChI=1S/C15H21N5S/c1-11(2)19-7-9-20(10-8-19)15-13(14(16)18-21-15)12-3-5-17-6-4-12/h3-6,11H,7-10H2,1-2H3,(H2,16,18). The molecule has 0 atom stereocenters. The normalized spacial score (nSPS) is 16.6. The quantitative estimate of drug-likeness (QED) is 0.943. The number of piperazine rings is 1. The predicted octanol–water partition coefficient (Wildman–Crippen LogP) is 2.32. The zero-order valence-corrected chi connectivity index (χ0v) is 13.3. The van der Waals surface area contributed by atoms with E-state index < -0.39 is 0 Å². The van der Waals surface area contributed by atoms with Gasteiger partial charge in [-0.3, -0.25) is 9.88 Å². The molecule has 3 rings (SSSR count). The molecule has 1 aliphatic heterocycles. The summed E-state index contributed by atoms with van der Waals surface area (Å²) in [4.78, 5) is 8.99. The van der Waals surface area contributed by atoms with Crippen LogP contribution in [-0.4, -0.2) is 46.5 Å². The molecule has 21 heavy (non-hydrogen) atoms.